The van der Waals surface area contributed by atoms with Gasteiger partial charge in [-0.25, -0.2) is 4.90 Å². The van der Waals surface area contributed by atoms with E-state index in [1.807, 2.05) is 30.3 Å². The zero-order valence-corrected chi connectivity index (χ0v) is 15.9. The summed E-state index contributed by atoms with van der Waals surface area (Å²) in [5.41, 5.74) is 0.885. The van der Waals surface area contributed by atoms with Gasteiger partial charge in [0.25, 0.3) is 5.91 Å². The number of alkyl halides is 3. The van der Waals surface area contributed by atoms with Crippen molar-refractivity contribution in [2.75, 3.05) is 4.90 Å². The maximum Gasteiger partial charge on any atom is 0.491 e. The number of H-pyrrole nitrogens is 1. The second kappa shape index (κ2) is 6.77. The number of hydrogen-bond acceptors (Lipinski definition) is 2. The molecule has 0 aliphatic heterocycles. The molecule has 1 amide bonds. The number of aromatic nitrogens is 1. The van der Waals surface area contributed by atoms with Crippen molar-refractivity contribution in [1.82, 2.24) is 4.98 Å². The van der Waals surface area contributed by atoms with Crippen molar-refractivity contribution in [2.45, 2.75) is 6.30 Å². The largest absolute Gasteiger partial charge is 0.507 e. The molecule has 0 aliphatic carbocycles. The number of carbonyl (C=O) groups is 1. The van der Waals surface area contributed by atoms with E-state index in [1.165, 1.54) is 36.4 Å². The second-order valence-electron chi connectivity index (χ2n) is 7.19. The first-order valence-corrected chi connectivity index (χ1v) is 9.47. The second-order valence-corrected chi connectivity index (χ2v) is 7.19. The van der Waals surface area contributed by atoms with E-state index in [4.69, 9.17) is 0 Å². The number of rotatable bonds is 2. The van der Waals surface area contributed by atoms with Gasteiger partial charge < -0.3 is 10.1 Å². The van der Waals surface area contributed by atoms with Crippen LogP contribution in [0.1, 0.15) is 10.4 Å². The van der Waals surface area contributed by atoms with E-state index < -0.39 is 23.5 Å². The summed E-state index contributed by atoms with van der Waals surface area (Å²) >= 11 is 0. The molecule has 0 atom stereocenters. The van der Waals surface area contributed by atoms with E-state index in [1.54, 1.807) is 12.1 Å². The summed E-state index contributed by atoms with van der Waals surface area (Å²) in [6.45, 7) is 0. The standard InChI is InChI=1S/C24H15F3N2O2/c25-24(26,27)29(15-6-2-1-3-7-15)23(31)19-12-14-10-11-17-16-8-4-5-9-20(16)28-22(17)18(14)13-21(19)30/h1-13,28,30H. The van der Waals surface area contributed by atoms with Crippen molar-refractivity contribution in [3.05, 3.63) is 84.4 Å². The van der Waals surface area contributed by atoms with Crippen LogP contribution in [0, 0.1) is 0 Å². The molecular weight excluding hydrogens is 405 g/mol. The Morgan fingerprint density at radius 2 is 1.55 bits per heavy atom. The van der Waals surface area contributed by atoms with Crippen molar-refractivity contribution in [3.63, 3.8) is 0 Å². The number of para-hydroxylation sites is 2. The van der Waals surface area contributed by atoms with Gasteiger partial charge in [-0.3, -0.25) is 4.79 Å². The summed E-state index contributed by atoms with van der Waals surface area (Å²) in [6.07, 6.45) is -4.96. The molecule has 2 N–H and O–H groups in total. The number of aromatic hydroxyl groups is 1. The minimum Gasteiger partial charge on any atom is -0.507 e. The highest BCUT2D eigenvalue weighted by Gasteiger charge is 2.43. The third kappa shape index (κ3) is 3.06. The third-order valence-corrected chi connectivity index (χ3v) is 5.31. The van der Waals surface area contributed by atoms with Crippen LogP contribution >= 0.6 is 0 Å². The van der Waals surface area contributed by atoms with Gasteiger partial charge in [0.05, 0.1) is 16.8 Å². The van der Waals surface area contributed by atoms with Crippen molar-refractivity contribution >= 4 is 44.2 Å². The molecule has 1 aromatic heterocycles. The van der Waals surface area contributed by atoms with Crippen LogP contribution in [0.2, 0.25) is 0 Å². The van der Waals surface area contributed by atoms with Crippen LogP contribution < -0.4 is 4.90 Å². The number of hydrogen-bond donors (Lipinski definition) is 2. The van der Waals surface area contributed by atoms with Gasteiger partial charge in [-0.05, 0) is 35.7 Å². The van der Waals surface area contributed by atoms with Crippen molar-refractivity contribution in [3.8, 4) is 5.75 Å². The first-order valence-electron chi connectivity index (χ1n) is 9.47. The molecule has 0 saturated carbocycles. The average Bonchev–Trinajstić information content (AvgIpc) is 3.12. The fourth-order valence-electron chi connectivity index (χ4n) is 3.93. The van der Waals surface area contributed by atoms with E-state index >= 15 is 0 Å². The molecule has 1 heterocycles. The van der Waals surface area contributed by atoms with Crippen LogP contribution in [0.3, 0.4) is 0 Å². The fraction of sp³-hybridized carbons (Fsp3) is 0.0417. The maximum absolute atomic E-state index is 13.7. The lowest BCUT2D eigenvalue weighted by Gasteiger charge is -2.25. The summed E-state index contributed by atoms with van der Waals surface area (Å²) in [5.74, 6) is -1.87. The normalized spacial score (nSPS) is 12.0. The van der Waals surface area contributed by atoms with Gasteiger partial charge in [-0.2, -0.15) is 0 Å². The smallest absolute Gasteiger partial charge is 0.491 e. The number of benzene rings is 4. The molecule has 7 heteroatoms. The highest BCUT2D eigenvalue weighted by Crippen LogP contribution is 2.37. The highest BCUT2D eigenvalue weighted by molar-refractivity contribution is 6.19. The Morgan fingerprint density at radius 3 is 2.29 bits per heavy atom. The minimum atomic E-state index is -4.96. The molecule has 5 aromatic rings. The van der Waals surface area contributed by atoms with E-state index in [-0.39, 0.29) is 10.6 Å². The average molecular weight is 420 g/mol. The molecule has 0 bridgehead atoms. The number of nitrogens with one attached hydrogen (secondary N) is 1. The number of phenolic OH excluding ortho intramolecular Hbond substituents is 1. The first-order chi connectivity index (χ1) is 14.8. The lowest BCUT2D eigenvalue weighted by Crippen LogP contribution is -2.43. The van der Waals surface area contributed by atoms with Gasteiger partial charge in [-0.1, -0.05) is 48.5 Å². The molecule has 31 heavy (non-hydrogen) atoms. The Kier molecular flexibility index (Phi) is 4.15. The number of phenols is 1. The zero-order chi connectivity index (χ0) is 21.8. The van der Waals surface area contributed by atoms with Crippen LogP contribution in [0.15, 0.2) is 78.9 Å². The van der Waals surface area contributed by atoms with E-state index in [2.05, 4.69) is 4.98 Å². The Morgan fingerprint density at radius 1 is 0.839 bits per heavy atom. The Labute approximate surface area is 174 Å². The molecule has 5 rings (SSSR count). The van der Waals surface area contributed by atoms with E-state index in [0.717, 1.165) is 21.8 Å². The fourth-order valence-corrected chi connectivity index (χ4v) is 3.93. The maximum atomic E-state index is 13.7. The number of amides is 1. The topological polar surface area (TPSA) is 56.3 Å². The molecule has 0 spiro atoms. The third-order valence-electron chi connectivity index (χ3n) is 5.31. The molecular formula is C24H15F3N2O2. The summed E-state index contributed by atoms with van der Waals surface area (Å²) in [6, 6.07) is 20.6. The predicted molar refractivity (Wildman–Crippen MR) is 114 cm³/mol. The molecule has 4 aromatic carbocycles. The summed E-state index contributed by atoms with van der Waals surface area (Å²) in [5, 5.41) is 13.6. The number of carbonyl (C=O) groups excluding carboxylic acids is 1. The van der Waals surface area contributed by atoms with Gasteiger partial charge in [-0.15, -0.1) is 13.2 Å². The summed E-state index contributed by atoms with van der Waals surface area (Å²) in [4.78, 5) is 15.9. The quantitative estimate of drug-likeness (QED) is 0.327. The van der Waals surface area contributed by atoms with Gasteiger partial charge in [0.1, 0.15) is 5.75 Å². The van der Waals surface area contributed by atoms with Gasteiger partial charge >= 0.3 is 6.30 Å². The van der Waals surface area contributed by atoms with Crippen LogP contribution in [-0.2, 0) is 0 Å². The van der Waals surface area contributed by atoms with Crippen molar-refractivity contribution < 1.29 is 23.1 Å². The van der Waals surface area contributed by atoms with Crippen molar-refractivity contribution in [1.29, 1.82) is 0 Å². The molecule has 0 saturated heterocycles. The Bertz CT molecular complexity index is 1460. The van der Waals surface area contributed by atoms with Gasteiger partial charge in [0.2, 0.25) is 0 Å². The zero-order valence-electron chi connectivity index (χ0n) is 15.9. The minimum absolute atomic E-state index is 0.268. The van der Waals surface area contributed by atoms with Crippen LogP contribution in [-0.4, -0.2) is 22.3 Å². The van der Waals surface area contributed by atoms with Crippen LogP contribution in [0.25, 0.3) is 32.6 Å². The highest BCUT2D eigenvalue weighted by atomic mass is 19.4. The monoisotopic (exact) mass is 420 g/mol. The van der Waals surface area contributed by atoms with Crippen LogP contribution in [0.4, 0.5) is 18.9 Å². The Hall–Kier alpha value is -4.00. The number of fused-ring (bicyclic) bond motifs is 5. The predicted octanol–water partition coefficient (Wildman–Crippen LogP) is 6.35. The molecule has 0 fully saturated rings. The molecule has 154 valence electrons. The molecule has 0 aliphatic rings. The summed E-state index contributed by atoms with van der Waals surface area (Å²) < 4.78 is 41.2. The Balaban J connectivity index is 1.69. The van der Waals surface area contributed by atoms with Gasteiger partial charge in [0, 0.05) is 21.7 Å². The lowest BCUT2D eigenvalue weighted by atomic mass is 10.0. The van der Waals surface area contributed by atoms with Gasteiger partial charge in [0.15, 0.2) is 0 Å². The van der Waals surface area contributed by atoms with Crippen LogP contribution in [0.5, 0.6) is 5.75 Å². The number of halogens is 3. The molecule has 4 nitrogen and oxygen atoms in total. The van der Waals surface area contributed by atoms with E-state index in [0.29, 0.717) is 10.8 Å². The molecule has 0 unspecified atom stereocenters. The number of nitrogens with zero attached hydrogens (tertiary/aromatic N) is 1. The number of aromatic amines is 1. The van der Waals surface area contributed by atoms with Crippen molar-refractivity contribution in [2.24, 2.45) is 0 Å². The lowest BCUT2D eigenvalue weighted by molar-refractivity contribution is -0.122. The SMILES string of the molecule is O=C(c1cc2ccc3c4ccccc4[nH]c3c2cc1O)N(c1ccccc1)C(F)(F)F. The first kappa shape index (κ1) is 19.0. The molecule has 0 radical (unpaired) electrons. The number of anilines is 1. The van der Waals surface area contributed by atoms with E-state index in [9.17, 15) is 23.1 Å². The summed E-state index contributed by atoms with van der Waals surface area (Å²) in [7, 11) is 0.